The summed E-state index contributed by atoms with van der Waals surface area (Å²) in [6.07, 6.45) is 6.96. The fraction of sp³-hybridized carbons (Fsp3) is 0.267. The minimum absolute atomic E-state index is 0.344. The Morgan fingerprint density at radius 2 is 2.10 bits per heavy atom. The fourth-order valence-corrected chi connectivity index (χ4v) is 3.64. The third kappa shape index (κ3) is 3.15. The summed E-state index contributed by atoms with van der Waals surface area (Å²) in [5.74, 6) is 0.512. The van der Waals surface area contributed by atoms with Gasteiger partial charge < -0.3 is 4.55 Å². The standard InChI is InChI=1S/C15H15ClNO3S/c1-2-11-21(20)14-9-4-3-7-12(14)13-8-5-6-10-15(13,16)17(18)19/h3-10H,2,11H2,1H3. The van der Waals surface area contributed by atoms with Crippen LogP contribution in [0.1, 0.15) is 18.9 Å². The lowest BCUT2D eigenvalue weighted by Crippen LogP contribution is -2.33. The maximum atomic E-state index is 12.3. The number of allylic oxidation sites excluding steroid dienone is 2. The molecule has 1 aliphatic rings. The maximum absolute atomic E-state index is 12.3. The second-order valence-electron chi connectivity index (χ2n) is 4.61. The highest BCUT2D eigenvalue weighted by atomic mass is 35.5. The Labute approximate surface area is 131 Å². The van der Waals surface area contributed by atoms with Crippen molar-refractivity contribution in [2.75, 3.05) is 5.75 Å². The summed E-state index contributed by atoms with van der Waals surface area (Å²) in [4.78, 5) is 9.59. The molecule has 2 atom stereocenters. The number of hydrogen-bond acceptors (Lipinski definition) is 3. The third-order valence-corrected chi connectivity index (χ3v) is 5.24. The molecule has 0 heterocycles. The van der Waals surface area contributed by atoms with Gasteiger partial charge in [0, 0.05) is 18.1 Å². The van der Waals surface area contributed by atoms with Crippen molar-refractivity contribution >= 4 is 28.3 Å². The number of rotatable bonds is 5. The molecule has 0 saturated heterocycles. The zero-order valence-electron chi connectivity index (χ0n) is 11.5. The summed E-state index contributed by atoms with van der Waals surface area (Å²) in [6, 6.07) is 7.00. The van der Waals surface area contributed by atoms with Crippen LogP contribution in [-0.2, 0) is 11.2 Å². The first-order valence-electron chi connectivity index (χ1n) is 6.55. The molecule has 0 saturated carbocycles. The lowest BCUT2D eigenvalue weighted by atomic mass is 9.93. The molecule has 0 N–H and O–H groups in total. The van der Waals surface area contributed by atoms with Crippen molar-refractivity contribution in [2.24, 2.45) is 0 Å². The van der Waals surface area contributed by atoms with Gasteiger partial charge in [-0.1, -0.05) is 31.2 Å². The van der Waals surface area contributed by atoms with Gasteiger partial charge in [0.05, 0.1) is 10.5 Å². The first-order chi connectivity index (χ1) is 10.0. The second-order valence-corrected chi connectivity index (χ2v) is 6.72. The van der Waals surface area contributed by atoms with Crippen molar-refractivity contribution in [1.82, 2.24) is 0 Å². The molecule has 21 heavy (non-hydrogen) atoms. The number of nitro groups is 1. The van der Waals surface area contributed by atoms with Gasteiger partial charge in [-0.2, -0.15) is 0 Å². The van der Waals surface area contributed by atoms with E-state index in [2.05, 4.69) is 0 Å². The third-order valence-electron chi connectivity index (χ3n) is 3.15. The Bertz CT molecular complexity index is 602. The molecule has 0 aromatic heterocycles. The van der Waals surface area contributed by atoms with Gasteiger partial charge in [0.25, 0.3) is 0 Å². The number of hydrogen-bond donors (Lipinski definition) is 0. The first kappa shape index (κ1) is 16.1. The Kier molecular flexibility index (Phi) is 5.08. The van der Waals surface area contributed by atoms with Crippen LogP contribution in [0.4, 0.5) is 0 Å². The van der Waals surface area contributed by atoms with E-state index in [-0.39, 0.29) is 0 Å². The summed E-state index contributed by atoms with van der Waals surface area (Å²) in [6.45, 7) is 1.94. The van der Waals surface area contributed by atoms with E-state index in [1.54, 1.807) is 42.8 Å². The van der Waals surface area contributed by atoms with Crippen LogP contribution in [0, 0.1) is 16.5 Å². The molecule has 0 fully saturated rings. The van der Waals surface area contributed by atoms with E-state index in [1.807, 2.05) is 6.92 Å². The van der Waals surface area contributed by atoms with E-state index in [1.165, 1.54) is 6.08 Å². The van der Waals surface area contributed by atoms with Crippen LogP contribution in [0.3, 0.4) is 0 Å². The molecular formula is C15H15ClNO3S. The van der Waals surface area contributed by atoms with Crippen molar-refractivity contribution in [3.05, 3.63) is 64.6 Å². The molecule has 0 amide bonds. The molecule has 6 heteroatoms. The quantitative estimate of drug-likeness (QED) is 0.273. The molecule has 0 aliphatic heterocycles. The largest absolute Gasteiger partial charge is 0.611 e. The summed E-state index contributed by atoms with van der Waals surface area (Å²) in [5.41, 5.74) is 0.910. The predicted octanol–water partition coefficient (Wildman–Crippen LogP) is 3.57. The SMILES string of the molecule is CCC[S+]([O-])c1ccccc1C1=C[CH]C=CC1(Cl)[N+](=O)[O-]. The molecule has 2 unspecified atom stereocenters. The lowest BCUT2D eigenvalue weighted by Gasteiger charge is -2.23. The van der Waals surface area contributed by atoms with Crippen molar-refractivity contribution in [2.45, 2.75) is 23.2 Å². The predicted molar refractivity (Wildman–Crippen MR) is 85.0 cm³/mol. The van der Waals surface area contributed by atoms with Gasteiger partial charge in [-0.05, 0) is 41.3 Å². The Balaban J connectivity index is 2.51. The van der Waals surface area contributed by atoms with Gasteiger partial charge in [-0.15, -0.1) is 0 Å². The van der Waals surface area contributed by atoms with Crippen molar-refractivity contribution in [1.29, 1.82) is 0 Å². The van der Waals surface area contributed by atoms with E-state index in [0.717, 1.165) is 6.42 Å². The van der Waals surface area contributed by atoms with Gasteiger partial charge in [0.1, 0.15) is 5.75 Å². The van der Waals surface area contributed by atoms with E-state index in [0.29, 0.717) is 21.8 Å². The number of halogens is 1. The summed E-state index contributed by atoms with van der Waals surface area (Å²) >= 11 is 4.99. The van der Waals surface area contributed by atoms with Gasteiger partial charge >= 0.3 is 5.00 Å². The average molecular weight is 325 g/mol. The lowest BCUT2D eigenvalue weighted by molar-refractivity contribution is -0.510. The Hall–Kier alpha value is -1.30. The molecule has 111 valence electrons. The topological polar surface area (TPSA) is 66.2 Å². The van der Waals surface area contributed by atoms with Crippen molar-refractivity contribution in [3.8, 4) is 0 Å². The van der Waals surface area contributed by atoms with Gasteiger partial charge in [0.2, 0.25) is 0 Å². The average Bonchev–Trinajstić information content (AvgIpc) is 2.48. The summed E-state index contributed by atoms with van der Waals surface area (Å²) < 4.78 is 12.3. The molecular weight excluding hydrogens is 310 g/mol. The normalized spacial score (nSPS) is 22.7. The van der Waals surface area contributed by atoms with Gasteiger partial charge in [-0.3, -0.25) is 10.1 Å². The van der Waals surface area contributed by atoms with E-state index in [4.69, 9.17) is 11.6 Å². The number of benzene rings is 1. The molecule has 2 rings (SSSR count). The molecule has 0 bridgehead atoms. The Morgan fingerprint density at radius 1 is 1.38 bits per heavy atom. The van der Waals surface area contributed by atoms with E-state index in [9.17, 15) is 14.7 Å². The molecule has 1 radical (unpaired) electrons. The van der Waals surface area contributed by atoms with Crippen LogP contribution < -0.4 is 0 Å². The number of nitrogens with zero attached hydrogens (tertiary/aromatic N) is 1. The van der Waals surface area contributed by atoms with Crippen LogP contribution in [0.5, 0.6) is 0 Å². The van der Waals surface area contributed by atoms with Gasteiger partial charge in [0.15, 0.2) is 4.90 Å². The summed E-state index contributed by atoms with van der Waals surface area (Å²) in [7, 11) is 0. The molecule has 0 spiro atoms. The highest BCUT2D eigenvalue weighted by Crippen LogP contribution is 2.40. The molecule has 4 nitrogen and oxygen atoms in total. The Morgan fingerprint density at radius 3 is 2.76 bits per heavy atom. The van der Waals surface area contributed by atoms with Gasteiger partial charge in [-0.25, -0.2) is 0 Å². The minimum Gasteiger partial charge on any atom is -0.611 e. The van der Waals surface area contributed by atoms with Crippen molar-refractivity contribution < 1.29 is 9.48 Å². The smallest absolute Gasteiger partial charge is 0.339 e. The molecule has 1 aliphatic carbocycles. The highest BCUT2D eigenvalue weighted by molar-refractivity contribution is 7.91. The minimum atomic E-state index is -1.82. The van der Waals surface area contributed by atoms with Crippen LogP contribution in [0.25, 0.3) is 5.57 Å². The second kappa shape index (κ2) is 6.64. The van der Waals surface area contributed by atoms with Crippen LogP contribution >= 0.6 is 11.6 Å². The first-order valence-corrected chi connectivity index (χ1v) is 8.25. The van der Waals surface area contributed by atoms with Crippen LogP contribution in [-0.4, -0.2) is 20.2 Å². The zero-order chi connectivity index (χ0) is 15.5. The maximum Gasteiger partial charge on any atom is 0.339 e. The molecule has 1 aromatic rings. The van der Waals surface area contributed by atoms with Crippen molar-refractivity contribution in [3.63, 3.8) is 0 Å². The van der Waals surface area contributed by atoms with Crippen LogP contribution in [0.15, 0.2) is 47.4 Å². The monoisotopic (exact) mass is 324 g/mol. The van der Waals surface area contributed by atoms with E-state index < -0.39 is 21.1 Å². The highest BCUT2D eigenvalue weighted by Gasteiger charge is 2.45. The number of alkyl halides is 1. The zero-order valence-corrected chi connectivity index (χ0v) is 13.1. The summed E-state index contributed by atoms with van der Waals surface area (Å²) in [5, 5.41) is 11.4. The fourth-order valence-electron chi connectivity index (χ4n) is 2.16. The van der Waals surface area contributed by atoms with E-state index >= 15 is 0 Å². The van der Waals surface area contributed by atoms with Crippen LogP contribution in [0.2, 0.25) is 0 Å². The molecule has 1 aromatic carbocycles.